The Hall–Kier alpha value is -4.53. The fourth-order valence-corrected chi connectivity index (χ4v) is 8.69. The fraction of sp³-hybridized carbons (Fsp3) is 0.656. The van der Waals surface area contributed by atoms with Gasteiger partial charge >= 0.3 is 29.8 Å². The molecule has 0 radical (unpaired) electrons. The number of ether oxygens (including phenoxy) is 4. The summed E-state index contributed by atoms with van der Waals surface area (Å²) < 4.78 is 21.9. The van der Waals surface area contributed by atoms with Gasteiger partial charge in [0.2, 0.25) is 0 Å². The van der Waals surface area contributed by atoms with Crippen molar-refractivity contribution in [2.45, 2.75) is 219 Å². The Morgan fingerprint density at radius 2 is 0.871 bits per heavy atom. The van der Waals surface area contributed by atoms with Gasteiger partial charge in [0, 0.05) is 25.2 Å². The molecule has 0 aromatic carbocycles. The third-order valence-corrected chi connectivity index (χ3v) is 12.9. The van der Waals surface area contributed by atoms with Gasteiger partial charge in [0.15, 0.2) is 6.10 Å². The number of carbonyl (C=O) groups excluding carboxylic acids is 5. The molecule has 1 aliphatic heterocycles. The predicted molar refractivity (Wildman–Crippen MR) is 286 cm³/mol. The predicted octanol–water partition coefficient (Wildman–Crippen LogP) is 15.8. The second-order valence-corrected chi connectivity index (χ2v) is 19.2. The average molecular weight is 971 g/mol. The first-order chi connectivity index (χ1) is 34.3. The van der Waals surface area contributed by atoms with Gasteiger partial charge in [-0.1, -0.05) is 214 Å². The van der Waals surface area contributed by atoms with Crippen LogP contribution < -0.4 is 0 Å². The van der Waals surface area contributed by atoms with Gasteiger partial charge in [-0.25, -0.2) is 0 Å². The zero-order chi connectivity index (χ0) is 50.5. The van der Waals surface area contributed by atoms with E-state index in [1.165, 1.54) is 25.7 Å². The number of hydrogen-bond acceptors (Lipinski definition) is 9. The number of cyclic esters (lactones) is 2. The Morgan fingerprint density at radius 1 is 0.471 bits per heavy atom. The highest BCUT2D eigenvalue weighted by Gasteiger charge is 2.51. The van der Waals surface area contributed by atoms with Crippen molar-refractivity contribution >= 4 is 29.8 Å². The molecule has 2 aliphatic rings. The van der Waals surface area contributed by atoms with E-state index < -0.39 is 18.0 Å². The van der Waals surface area contributed by atoms with E-state index in [4.69, 9.17) is 18.9 Å². The Bertz CT molecular complexity index is 1660. The van der Waals surface area contributed by atoms with Crippen LogP contribution in [0, 0.1) is 23.7 Å². The second kappa shape index (κ2) is 43.3. The molecule has 0 bridgehead atoms. The van der Waals surface area contributed by atoms with E-state index in [-0.39, 0.29) is 67.7 Å². The Morgan fingerprint density at radius 3 is 1.34 bits per heavy atom. The lowest BCUT2D eigenvalue weighted by Gasteiger charge is -2.29. The maximum absolute atomic E-state index is 12.9. The summed E-state index contributed by atoms with van der Waals surface area (Å²) in [6.45, 7) is 6.24. The highest BCUT2D eigenvalue weighted by molar-refractivity contribution is 5.97. The van der Waals surface area contributed by atoms with Crippen LogP contribution in [0.3, 0.4) is 0 Å². The van der Waals surface area contributed by atoms with Crippen molar-refractivity contribution in [2.75, 3.05) is 13.2 Å². The van der Waals surface area contributed by atoms with Gasteiger partial charge in [-0.15, -0.1) is 0 Å². The summed E-state index contributed by atoms with van der Waals surface area (Å²) in [6, 6.07) is 0. The van der Waals surface area contributed by atoms with E-state index in [0.717, 1.165) is 135 Å². The molecule has 0 N–H and O–H groups in total. The number of carbonyl (C=O) groups is 5. The number of fused-ring (bicyclic) bond motifs is 1. The largest absolute Gasteiger partial charge is 0.462 e. The van der Waals surface area contributed by atoms with Crippen LogP contribution >= 0.6 is 0 Å². The Kier molecular flexibility index (Phi) is 38.1. The minimum atomic E-state index is -0.849. The topological polar surface area (TPSA) is 122 Å². The molecule has 1 aliphatic carbocycles. The number of allylic oxidation sites excluding steroid dienone is 16. The maximum atomic E-state index is 12.9. The molecule has 1 heterocycles. The van der Waals surface area contributed by atoms with Crippen molar-refractivity contribution in [1.29, 1.82) is 0 Å². The lowest BCUT2D eigenvalue weighted by atomic mass is 9.70. The van der Waals surface area contributed by atoms with E-state index in [1.54, 1.807) is 0 Å². The molecule has 9 heteroatoms. The standard InChI is InChI=1S/C61H94O9/c1-4-7-10-12-14-16-18-20-22-24-26-28-32-36-40-45-55(62)67-50-54(69-57(64)47-42-38-33-29-27-25-23-21-19-17-15-13-11-8-5-2)51-68-56(63)46-41-37-34-30-31-35-39-44-53-49-48-52(43-9-6-3)58-59(53)61(66)70-60(58)65/h12-23,39,44,48-49,52-54,58-59H,4-11,24-38,40-43,45-47,50-51H2,1-3H3/b14-12+,15-13+,18-16+,19-17+,22-20-,23-21-,44-39-. The molecule has 392 valence electrons. The van der Waals surface area contributed by atoms with Gasteiger partial charge in [0.1, 0.15) is 13.2 Å². The van der Waals surface area contributed by atoms with Gasteiger partial charge < -0.3 is 18.9 Å². The first kappa shape index (κ1) is 61.6. The monoisotopic (exact) mass is 971 g/mol. The number of esters is 5. The molecule has 0 aromatic heterocycles. The number of unbranched alkanes of at least 4 members (excludes halogenated alkanes) is 20. The molecule has 1 fully saturated rings. The zero-order valence-electron chi connectivity index (χ0n) is 43.9. The van der Waals surface area contributed by atoms with Crippen LogP contribution in [0.2, 0.25) is 0 Å². The van der Waals surface area contributed by atoms with Crippen LogP contribution in [-0.4, -0.2) is 49.2 Å². The lowest BCUT2D eigenvalue weighted by Crippen LogP contribution is -2.33. The summed E-state index contributed by atoms with van der Waals surface area (Å²) in [5, 5.41) is 0. The maximum Gasteiger partial charge on any atom is 0.318 e. The average Bonchev–Trinajstić information content (AvgIpc) is 3.66. The molecule has 0 saturated carbocycles. The molecule has 0 amide bonds. The minimum absolute atomic E-state index is 0.0685. The molecular formula is C61H94O9. The summed E-state index contributed by atoms with van der Waals surface area (Å²) in [5.74, 6) is -2.68. The molecule has 9 nitrogen and oxygen atoms in total. The molecule has 1 saturated heterocycles. The first-order valence-electron chi connectivity index (χ1n) is 27.9. The van der Waals surface area contributed by atoms with Crippen molar-refractivity contribution in [2.24, 2.45) is 23.7 Å². The molecule has 0 aromatic rings. The molecule has 5 unspecified atom stereocenters. The van der Waals surface area contributed by atoms with E-state index in [1.807, 2.05) is 0 Å². The van der Waals surface area contributed by atoms with Gasteiger partial charge in [0.25, 0.3) is 0 Å². The molecule has 5 atom stereocenters. The summed E-state index contributed by atoms with van der Waals surface area (Å²) in [5.41, 5.74) is 0. The minimum Gasteiger partial charge on any atom is -0.462 e. The van der Waals surface area contributed by atoms with Gasteiger partial charge in [-0.05, 0) is 83.0 Å². The highest BCUT2D eigenvalue weighted by Crippen LogP contribution is 2.43. The van der Waals surface area contributed by atoms with Crippen LogP contribution in [-0.2, 0) is 42.9 Å². The Balaban J connectivity index is 1.69. The smallest absolute Gasteiger partial charge is 0.318 e. The fourth-order valence-electron chi connectivity index (χ4n) is 8.69. The second-order valence-electron chi connectivity index (χ2n) is 19.2. The van der Waals surface area contributed by atoms with Crippen LogP contribution in [0.15, 0.2) is 97.2 Å². The van der Waals surface area contributed by atoms with E-state index in [9.17, 15) is 24.0 Å². The number of hydrogen-bond donors (Lipinski definition) is 0. The Labute approximate surface area is 424 Å². The van der Waals surface area contributed by atoms with Crippen LogP contribution in [0.4, 0.5) is 0 Å². The summed E-state index contributed by atoms with van der Waals surface area (Å²) >= 11 is 0. The summed E-state index contributed by atoms with van der Waals surface area (Å²) in [7, 11) is 0. The van der Waals surface area contributed by atoms with Crippen LogP contribution in [0.1, 0.15) is 213 Å². The summed E-state index contributed by atoms with van der Waals surface area (Å²) in [4.78, 5) is 63.3. The van der Waals surface area contributed by atoms with Crippen molar-refractivity contribution in [3.8, 4) is 0 Å². The van der Waals surface area contributed by atoms with Crippen molar-refractivity contribution < 1.29 is 42.9 Å². The SMILES string of the molecule is CCCC/C=C/C=C/C=C\CCCCCCCC(=O)OCC(COC(=O)CCCCCCC/C=C\C1C=CC(CCCC)C2C(=O)OC(=O)C12)OC(=O)CCCCCCC\C=C/C=C/C=C/CCCC. The van der Waals surface area contributed by atoms with Crippen molar-refractivity contribution in [3.05, 3.63) is 97.2 Å². The highest BCUT2D eigenvalue weighted by atomic mass is 16.6. The van der Waals surface area contributed by atoms with Crippen LogP contribution in [0.25, 0.3) is 0 Å². The third kappa shape index (κ3) is 31.6. The van der Waals surface area contributed by atoms with Gasteiger partial charge in [0.05, 0.1) is 11.8 Å². The van der Waals surface area contributed by atoms with Gasteiger partial charge in [-0.3, -0.25) is 24.0 Å². The molecule has 0 spiro atoms. The number of rotatable bonds is 43. The van der Waals surface area contributed by atoms with Crippen LogP contribution in [0.5, 0.6) is 0 Å². The molecule has 2 rings (SSSR count). The third-order valence-electron chi connectivity index (χ3n) is 12.9. The summed E-state index contributed by atoms with van der Waals surface area (Å²) in [6.07, 6.45) is 61.3. The zero-order valence-corrected chi connectivity index (χ0v) is 43.9. The first-order valence-corrected chi connectivity index (χ1v) is 27.9. The normalized spacial score (nSPS) is 18.7. The van der Waals surface area contributed by atoms with E-state index >= 15 is 0 Å². The van der Waals surface area contributed by atoms with E-state index in [2.05, 4.69) is 118 Å². The quantitative estimate of drug-likeness (QED) is 0.0147. The lowest BCUT2D eigenvalue weighted by molar-refractivity contribution is -0.167. The van der Waals surface area contributed by atoms with Crippen molar-refractivity contribution in [1.82, 2.24) is 0 Å². The molecular weight excluding hydrogens is 877 g/mol. The van der Waals surface area contributed by atoms with Gasteiger partial charge in [-0.2, -0.15) is 0 Å². The van der Waals surface area contributed by atoms with E-state index in [0.29, 0.717) is 19.3 Å². The van der Waals surface area contributed by atoms with Crippen molar-refractivity contribution in [3.63, 3.8) is 0 Å². The molecule has 70 heavy (non-hydrogen) atoms.